The van der Waals surface area contributed by atoms with Crippen molar-refractivity contribution >= 4 is 21.7 Å². The van der Waals surface area contributed by atoms with Crippen molar-refractivity contribution in [3.8, 4) is 17.1 Å². The van der Waals surface area contributed by atoms with Gasteiger partial charge >= 0.3 is 0 Å². The standard InChI is InChI=1S/C24H25N3O2/c1-28-23-11-16-13-27-14-19(22-10-15-4-2-3-5-21(15)29-22)18(16)12-20(23)24(26)8-6-17(25)7-9-24/h2-5,10-14,17H,6-9,25-26H2,1H3. The zero-order valence-electron chi connectivity index (χ0n) is 16.5. The Kier molecular flexibility index (Phi) is 4.30. The molecule has 29 heavy (non-hydrogen) atoms. The van der Waals surface area contributed by atoms with E-state index in [4.69, 9.17) is 20.6 Å². The first kappa shape index (κ1) is 18.2. The zero-order valence-corrected chi connectivity index (χ0v) is 16.5. The molecule has 2 aromatic carbocycles. The van der Waals surface area contributed by atoms with Gasteiger partial charge in [-0.15, -0.1) is 0 Å². The van der Waals surface area contributed by atoms with E-state index in [1.807, 2.05) is 36.7 Å². The van der Waals surface area contributed by atoms with Gasteiger partial charge in [-0.1, -0.05) is 18.2 Å². The normalized spacial score (nSPS) is 22.2. The van der Waals surface area contributed by atoms with Crippen LogP contribution in [0.3, 0.4) is 0 Å². The summed E-state index contributed by atoms with van der Waals surface area (Å²) in [4.78, 5) is 4.44. The van der Waals surface area contributed by atoms with Crippen molar-refractivity contribution in [3.63, 3.8) is 0 Å². The van der Waals surface area contributed by atoms with Crippen LogP contribution in [0.4, 0.5) is 0 Å². The molecule has 2 heterocycles. The Morgan fingerprint density at radius 2 is 1.86 bits per heavy atom. The molecular weight excluding hydrogens is 362 g/mol. The summed E-state index contributed by atoms with van der Waals surface area (Å²) in [7, 11) is 1.69. The van der Waals surface area contributed by atoms with Crippen molar-refractivity contribution in [2.45, 2.75) is 37.3 Å². The van der Waals surface area contributed by atoms with Crippen molar-refractivity contribution in [3.05, 3.63) is 60.4 Å². The van der Waals surface area contributed by atoms with Gasteiger partial charge in [0.15, 0.2) is 0 Å². The smallest absolute Gasteiger partial charge is 0.137 e. The van der Waals surface area contributed by atoms with Crippen LogP contribution in [0.25, 0.3) is 33.1 Å². The van der Waals surface area contributed by atoms with E-state index in [1.165, 1.54) is 0 Å². The Bertz CT molecular complexity index is 1160. The molecule has 5 nitrogen and oxygen atoms in total. The minimum atomic E-state index is -0.441. The van der Waals surface area contributed by atoms with Crippen LogP contribution < -0.4 is 16.2 Å². The fourth-order valence-corrected chi connectivity index (χ4v) is 4.49. The average molecular weight is 387 g/mol. The molecule has 0 saturated heterocycles. The number of fused-ring (bicyclic) bond motifs is 2. The fraction of sp³-hybridized carbons (Fsp3) is 0.292. The summed E-state index contributed by atoms with van der Waals surface area (Å²) in [6, 6.07) is 14.5. The number of benzene rings is 2. The largest absolute Gasteiger partial charge is 0.496 e. The van der Waals surface area contributed by atoms with Gasteiger partial charge in [0.25, 0.3) is 0 Å². The van der Waals surface area contributed by atoms with Crippen LogP contribution in [-0.2, 0) is 5.54 Å². The molecule has 5 heteroatoms. The predicted molar refractivity (Wildman–Crippen MR) is 116 cm³/mol. The second-order valence-electron chi connectivity index (χ2n) is 8.10. The van der Waals surface area contributed by atoms with Crippen molar-refractivity contribution < 1.29 is 9.15 Å². The minimum Gasteiger partial charge on any atom is -0.496 e. The highest BCUT2D eigenvalue weighted by Gasteiger charge is 2.35. The van der Waals surface area contributed by atoms with Crippen LogP contribution in [0.15, 0.2) is 59.3 Å². The molecule has 4 N–H and O–H groups in total. The number of ether oxygens (including phenoxy) is 1. The summed E-state index contributed by atoms with van der Waals surface area (Å²) in [5, 5.41) is 3.14. The Hall–Kier alpha value is -2.89. The van der Waals surface area contributed by atoms with Crippen LogP contribution in [0.2, 0.25) is 0 Å². The number of aromatic nitrogens is 1. The van der Waals surface area contributed by atoms with E-state index in [9.17, 15) is 0 Å². The van der Waals surface area contributed by atoms with Crippen LogP contribution >= 0.6 is 0 Å². The molecule has 4 aromatic rings. The van der Waals surface area contributed by atoms with E-state index >= 15 is 0 Å². The topological polar surface area (TPSA) is 87.3 Å². The Morgan fingerprint density at radius 1 is 1.07 bits per heavy atom. The number of methoxy groups -OCH3 is 1. The molecule has 1 saturated carbocycles. The van der Waals surface area contributed by atoms with Gasteiger partial charge in [-0.3, -0.25) is 4.98 Å². The number of furan rings is 1. The van der Waals surface area contributed by atoms with Gasteiger partial charge in [0.05, 0.1) is 7.11 Å². The third-order valence-corrected chi connectivity index (χ3v) is 6.23. The molecule has 0 bridgehead atoms. The van der Waals surface area contributed by atoms with Crippen LogP contribution in [0.1, 0.15) is 31.2 Å². The SMILES string of the molecule is COc1cc2cncc(-c3cc4ccccc4o3)c2cc1C1(N)CCC(N)CC1. The average Bonchev–Trinajstić information content (AvgIpc) is 3.18. The number of hydrogen-bond donors (Lipinski definition) is 2. The lowest BCUT2D eigenvalue weighted by Gasteiger charge is -2.37. The number of hydrogen-bond acceptors (Lipinski definition) is 5. The lowest BCUT2D eigenvalue weighted by molar-refractivity contribution is 0.268. The highest BCUT2D eigenvalue weighted by atomic mass is 16.5. The molecule has 0 spiro atoms. The molecule has 2 aromatic heterocycles. The van der Waals surface area contributed by atoms with Crippen LogP contribution in [0.5, 0.6) is 5.75 Å². The number of pyridine rings is 1. The first-order valence-electron chi connectivity index (χ1n) is 10.1. The number of para-hydroxylation sites is 1. The van der Waals surface area contributed by atoms with Gasteiger partial charge in [0.1, 0.15) is 17.1 Å². The van der Waals surface area contributed by atoms with Crippen molar-refractivity contribution in [2.24, 2.45) is 11.5 Å². The van der Waals surface area contributed by atoms with Gasteiger partial charge in [0, 0.05) is 45.9 Å². The number of nitrogens with two attached hydrogens (primary N) is 2. The van der Waals surface area contributed by atoms with E-state index in [-0.39, 0.29) is 6.04 Å². The third-order valence-electron chi connectivity index (χ3n) is 6.23. The van der Waals surface area contributed by atoms with Gasteiger partial charge in [-0.2, -0.15) is 0 Å². The van der Waals surface area contributed by atoms with Crippen LogP contribution in [-0.4, -0.2) is 18.1 Å². The molecule has 0 unspecified atom stereocenters. The lowest BCUT2D eigenvalue weighted by Crippen LogP contribution is -2.43. The first-order chi connectivity index (χ1) is 14.1. The maximum Gasteiger partial charge on any atom is 0.137 e. The lowest BCUT2D eigenvalue weighted by atomic mass is 9.75. The molecule has 0 radical (unpaired) electrons. The van der Waals surface area contributed by atoms with Crippen molar-refractivity contribution in [2.75, 3.05) is 7.11 Å². The Morgan fingerprint density at radius 3 is 2.62 bits per heavy atom. The quantitative estimate of drug-likeness (QED) is 0.531. The molecule has 0 amide bonds. The molecular formula is C24H25N3O2. The van der Waals surface area contributed by atoms with E-state index < -0.39 is 5.54 Å². The number of nitrogens with zero attached hydrogens (tertiary/aromatic N) is 1. The fourth-order valence-electron chi connectivity index (χ4n) is 4.49. The molecule has 1 fully saturated rings. The van der Waals surface area contributed by atoms with Crippen LogP contribution in [0, 0.1) is 0 Å². The van der Waals surface area contributed by atoms with Gasteiger partial charge in [-0.25, -0.2) is 0 Å². The van der Waals surface area contributed by atoms with E-state index in [1.54, 1.807) is 7.11 Å². The molecule has 1 aliphatic carbocycles. The van der Waals surface area contributed by atoms with E-state index in [0.29, 0.717) is 0 Å². The predicted octanol–water partition coefficient (Wildman–Crippen LogP) is 4.71. The molecule has 148 valence electrons. The summed E-state index contributed by atoms with van der Waals surface area (Å²) >= 11 is 0. The highest BCUT2D eigenvalue weighted by molar-refractivity contribution is 5.98. The summed E-state index contributed by atoms with van der Waals surface area (Å²) in [6.07, 6.45) is 7.25. The molecule has 1 aliphatic rings. The maximum atomic E-state index is 6.89. The Labute approximate surface area is 169 Å². The van der Waals surface area contributed by atoms with E-state index in [2.05, 4.69) is 23.2 Å². The summed E-state index contributed by atoms with van der Waals surface area (Å²) < 4.78 is 11.9. The maximum absolute atomic E-state index is 6.89. The van der Waals surface area contributed by atoms with E-state index in [0.717, 1.165) is 70.1 Å². The summed E-state index contributed by atoms with van der Waals surface area (Å²) in [5.41, 5.74) is 15.4. The first-order valence-corrected chi connectivity index (χ1v) is 10.1. The van der Waals surface area contributed by atoms with Crippen molar-refractivity contribution in [1.29, 1.82) is 0 Å². The highest BCUT2D eigenvalue weighted by Crippen LogP contribution is 2.42. The molecule has 5 rings (SSSR count). The zero-order chi connectivity index (χ0) is 20.0. The second-order valence-corrected chi connectivity index (χ2v) is 8.10. The monoisotopic (exact) mass is 387 g/mol. The van der Waals surface area contributed by atoms with Gasteiger partial charge in [-0.05, 0) is 55.3 Å². The third kappa shape index (κ3) is 3.07. The second kappa shape index (κ2) is 6.87. The molecule has 0 atom stereocenters. The summed E-state index contributed by atoms with van der Waals surface area (Å²) in [5.74, 6) is 1.61. The van der Waals surface area contributed by atoms with Crippen molar-refractivity contribution in [1.82, 2.24) is 4.98 Å². The molecule has 0 aliphatic heterocycles. The number of rotatable bonds is 3. The van der Waals surface area contributed by atoms with Gasteiger partial charge in [0.2, 0.25) is 0 Å². The van der Waals surface area contributed by atoms with Gasteiger partial charge < -0.3 is 20.6 Å². The minimum absolute atomic E-state index is 0.230. The Balaban J connectivity index is 1.70. The summed E-state index contributed by atoms with van der Waals surface area (Å²) in [6.45, 7) is 0.